The summed E-state index contributed by atoms with van der Waals surface area (Å²) in [5.41, 5.74) is 0.428. The topological polar surface area (TPSA) is 66.9 Å². The zero-order valence-corrected chi connectivity index (χ0v) is 10.9. The molecule has 1 aromatic rings. The fraction of sp³-hybridized carbons (Fsp3) is 0.615. The van der Waals surface area contributed by atoms with Crippen LogP contribution in [0.25, 0.3) is 0 Å². The minimum atomic E-state index is -0.128. The molecule has 1 saturated carbocycles. The summed E-state index contributed by atoms with van der Waals surface area (Å²) in [5, 5.41) is 6.05. The van der Waals surface area contributed by atoms with Crippen LogP contribution in [0, 0.1) is 5.92 Å². The van der Waals surface area contributed by atoms with E-state index in [0.29, 0.717) is 30.1 Å². The molecule has 0 spiro atoms. The number of nitrogens with one attached hydrogen (secondary N) is 2. The van der Waals surface area contributed by atoms with Gasteiger partial charge >= 0.3 is 0 Å². The molecule has 0 bridgehead atoms. The Hall–Kier alpha value is -1.65. The molecule has 1 amide bonds. The maximum atomic E-state index is 11.9. The van der Waals surface area contributed by atoms with Gasteiger partial charge in [-0.05, 0) is 31.2 Å². The zero-order chi connectivity index (χ0) is 13.0. The van der Waals surface area contributed by atoms with Gasteiger partial charge in [-0.1, -0.05) is 13.8 Å². The maximum absolute atomic E-state index is 11.9. The largest absolute Gasteiger partial charge is 0.351 e. The molecule has 1 aliphatic rings. The first-order chi connectivity index (χ1) is 8.65. The van der Waals surface area contributed by atoms with Gasteiger partial charge in [0.15, 0.2) is 0 Å². The standard InChI is InChI=1S/C13H20N4O/c1-9(2)5-7-14-12(18)11-6-8-15-13(17-11)16-10-3-4-10/h6,8-10H,3-5,7H2,1-2H3,(H,14,18)(H,15,16,17). The number of anilines is 1. The Morgan fingerprint density at radius 1 is 1.50 bits per heavy atom. The number of hydrogen-bond donors (Lipinski definition) is 2. The van der Waals surface area contributed by atoms with Crippen molar-refractivity contribution in [3.8, 4) is 0 Å². The summed E-state index contributed by atoms with van der Waals surface area (Å²) >= 11 is 0. The number of rotatable bonds is 6. The number of hydrogen-bond acceptors (Lipinski definition) is 4. The van der Waals surface area contributed by atoms with E-state index < -0.39 is 0 Å². The van der Waals surface area contributed by atoms with E-state index in [-0.39, 0.29) is 5.91 Å². The maximum Gasteiger partial charge on any atom is 0.270 e. The molecule has 0 aromatic carbocycles. The van der Waals surface area contributed by atoms with Gasteiger partial charge in [0, 0.05) is 18.8 Å². The number of carbonyl (C=O) groups excluding carboxylic acids is 1. The normalized spacial score (nSPS) is 14.6. The number of aromatic nitrogens is 2. The van der Waals surface area contributed by atoms with Crippen LogP contribution in [-0.2, 0) is 0 Å². The number of amides is 1. The van der Waals surface area contributed by atoms with Crippen LogP contribution < -0.4 is 10.6 Å². The summed E-state index contributed by atoms with van der Waals surface area (Å²) in [6, 6.07) is 2.13. The van der Waals surface area contributed by atoms with Crippen LogP contribution in [0.2, 0.25) is 0 Å². The molecule has 0 aliphatic heterocycles. The summed E-state index contributed by atoms with van der Waals surface area (Å²) in [4.78, 5) is 20.2. The van der Waals surface area contributed by atoms with Crippen LogP contribution in [0.4, 0.5) is 5.95 Å². The Bertz CT molecular complexity index is 415. The highest BCUT2D eigenvalue weighted by Gasteiger charge is 2.22. The Balaban J connectivity index is 1.88. The van der Waals surface area contributed by atoms with Crippen LogP contribution in [0.15, 0.2) is 12.3 Å². The van der Waals surface area contributed by atoms with Crippen molar-refractivity contribution in [1.29, 1.82) is 0 Å². The van der Waals surface area contributed by atoms with Gasteiger partial charge in [-0.2, -0.15) is 0 Å². The van der Waals surface area contributed by atoms with Crippen molar-refractivity contribution >= 4 is 11.9 Å². The van der Waals surface area contributed by atoms with E-state index in [1.807, 2.05) is 0 Å². The highest BCUT2D eigenvalue weighted by molar-refractivity contribution is 5.92. The lowest BCUT2D eigenvalue weighted by Gasteiger charge is -2.07. The highest BCUT2D eigenvalue weighted by Crippen LogP contribution is 2.22. The third kappa shape index (κ3) is 3.98. The van der Waals surface area contributed by atoms with Gasteiger partial charge in [-0.15, -0.1) is 0 Å². The molecule has 5 nitrogen and oxygen atoms in total. The van der Waals surface area contributed by atoms with Crippen molar-refractivity contribution in [3.63, 3.8) is 0 Å². The van der Waals surface area contributed by atoms with Gasteiger partial charge < -0.3 is 10.6 Å². The van der Waals surface area contributed by atoms with E-state index in [1.54, 1.807) is 12.3 Å². The predicted molar refractivity (Wildman–Crippen MR) is 70.5 cm³/mol. The highest BCUT2D eigenvalue weighted by atomic mass is 16.1. The molecular formula is C13H20N4O. The van der Waals surface area contributed by atoms with Crippen molar-refractivity contribution in [2.75, 3.05) is 11.9 Å². The van der Waals surface area contributed by atoms with Crippen molar-refractivity contribution < 1.29 is 4.79 Å². The van der Waals surface area contributed by atoms with Crippen LogP contribution in [0.5, 0.6) is 0 Å². The van der Waals surface area contributed by atoms with Crippen LogP contribution in [0.3, 0.4) is 0 Å². The molecule has 5 heteroatoms. The lowest BCUT2D eigenvalue weighted by Crippen LogP contribution is -2.26. The second kappa shape index (κ2) is 5.80. The van der Waals surface area contributed by atoms with E-state index in [9.17, 15) is 4.79 Å². The second-order valence-corrected chi connectivity index (χ2v) is 5.12. The Labute approximate surface area is 107 Å². The summed E-state index contributed by atoms with van der Waals surface area (Å²) in [6.07, 6.45) is 4.92. The molecule has 0 saturated heterocycles. The Kier molecular flexibility index (Phi) is 4.12. The van der Waals surface area contributed by atoms with Crippen molar-refractivity contribution in [3.05, 3.63) is 18.0 Å². The van der Waals surface area contributed by atoms with Gasteiger partial charge in [-0.3, -0.25) is 4.79 Å². The first kappa shape index (κ1) is 12.8. The van der Waals surface area contributed by atoms with Crippen LogP contribution in [-0.4, -0.2) is 28.5 Å². The predicted octanol–water partition coefficient (Wildman–Crippen LogP) is 1.83. The Morgan fingerprint density at radius 2 is 2.28 bits per heavy atom. The van der Waals surface area contributed by atoms with E-state index in [1.165, 1.54) is 0 Å². The number of carbonyl (C=O) groups is 1. The molecular weight excluding hydrogens is 228 g/mol. The van der Waals surface area contributed by atoms with Crippen LogP contribution >= 0.6 is 0 Å². The molecule has 1 heterocycles. The van der Waals surface area contributed by atoms with Crippen LogP contribution in [0.1, 0.15) is 43.6 Å². The minimum absolute atomic E-state index is 0.128. The van der Waals surface area contributed by atoms with Crippen molar-refractivity contribution in [2.24, 2.45) is 5.92 Å². The lowest BCUT2D eigenvalue weighted by atomic mass is 10.1. The SMILES string of the molecule is CC(C)CCNC(=O)c1ccnc(NC2CC2)n1. The van der Waals surface area contributed by atoms with E-state index in [2.05, 4.69) is 34.4 Å². The van der Waals surface area contributed by atoms with Gasteiger partial charge in [0.05, 0.1) is 0 Å². The summed E-state index contributed by atoms with van der Waals surface area (Å²) in [5.74, 6) is 1.01. The fourth-order valence-electron chi connectivity index (χ4n) is 1.53. The van der Waals surface area contributed by atoms with E-state index in [0.717, 1.165) is 19.3 Å². The monoisotopic (exact) mass is 248 g/mol. The Morgan fingerprint density at radius 3 is 2.94 bits per heavy atom. The van der Waals surface area contributed by atoms with Gasteiger partial charge in [-0.25, -0.2) is 9.97 Å². The fourth-order valence-corrected chi connectivity index (χ4v) is 1.53. The second-order valence-electron chi connectivity index (χ2n) is 5.12. The molecule has 0 unspecified atom stereocenters. The molecule has 1 aromatic heterocycles. The minimum Gasteiger partial charge on any atom is -0.351 e. The number of nitrogens with zero attached hydrogens (tertiary/aromatic N) is 2. The summed E-state index contributed by atoms with van der Waals surface area (Å²) in [6.45, 7) is 4.95. The molecule has 98 valence electrons. The molecule has 0 radical (unpaired) electrons. The van der Waals surface area contributed by atoms with E-state index in [4.69, 9.17) is 0 Å². The molecule has 1 fully saturated rings. The quantitative estimate of drug-likeness (QED) is 0.806. The molecule has 2 rings (SSSR count). The van der Waals surface area contributed by atoms with Crippen molar-refractivity contribution in [1.82, 2.24) is 15.3 Å². The molecule has 0 atom stereocenters. The van der Waals surface area contributed by atoms with Gasteiger partial charge in [0.2, 0.25) is 5.95 Å². The molecule has 1 aliphatic carbocycles. The van der Waals surface area contributed by atoms with Gasteiger partial charge in [0.25, 0.3) is 5.91 Å². The summed E-state index contributed by atoms with van der Waals surface area (Å²) in [7, 11) is 0. The summed E-state index contributed by atoms with van der Waals surface area (Å²) < 4.78 is 0. The average Bonchev–Trinajstić information content (AvgIpc) is 3.13. The molecule has 18 heavy (non-hydrogen) atoms. The first-order valence-corrected chi connectivity index (χ1v) is 6.53. The van der Waals surface area contributed by atoms with Gasteiger partial charge in [0.1, 0.15) is 5.69 Å². The lowest BCUT2D eigenvalue weighted by molar-refractivity contribution is 0.0947. The van der Waals surface area contributed by atoms with E-state index >= 15 is 0 Å². The zero-order valence-electron chi connectivity index (χ0n) is 10.9. The third-order valence-corrected chi connectivity index (χ3v) is 2.81. The molecule has 2 N–H and O–H groups in total. The van der Waals surface area contributed by atoms with Crippen molar-refractivity contribution in [2.45, 2.75) is 39.2 Å². The average molecular weight is 248 g/mol. The first-order valence-electron chi connectivity index (χ1n) is 6.53. The smallest absolute Gasteiger partial charge is 0.270 e. The third-order valence-electron chi connectivity index (χ3n) is 2.81.